The van der Waals surface area contributed by atoms with E-state index in [4.69, 9.17) is 42.6 Å². The van der Waals surface area contributed by atoms with Gasteiger partial charge in [-0.25, -0.2) is 9.59 Å². The summed E-state index contributed by atoms with van der Waals surface area (Å²) in [5.74, 6) is -9.76. The second kappa shape index (κ2) is 10.5. The number of hydrogen-bond acceptors (Lipinski definition) is 16. The van der Waals surface area contributed by atoms with E-state index in [0.29, 0.717) is 0 Å². The number of hydrogen-bond donors (Lipinski definition) is 3. The monoisotopic (exact) mass is 720 g/mol. The Bertz CT molecular complexity index is 1660. The molecule has 2 bridgehead atoms. The van der Waals surface area contributed by atoms with Crippen LogP contribution in [0.3, 0.4) is 0 Å². The number of ether oxygens (including phenoxy) is 9. The third-order valence-corrected chi connectivity index (χ3v) is 14.1. The van der Waals surface area contributed by atoms with Gasteiger partial charge in [0.05, 0.1) is 52.0 Å². The topological polar surface area (TPSA) is 215 Å². The number of allylic oxidation sites excluding steroid dienone is 1. The van der Waals surface area contributed by atoms with Gasteiger partial charge < -0.3 is 58.0 Å². The molecule has 16 nitrogen and oxygen atoms in total. The van der Waals surface area contributed by atoms with Gasteiger partial charge in [0.2, 0.25) is 6.29 Å². The molecule has 4 unspecified atom stereocenters. The number of carbonyl (C=O) groups excluding carboxylic acids is 4. The number of esters is 4. The molecule has 7 fully saturated rings. The summed E-state index contributed by atoms with van der Waals surface area (Å²) in [6.45, 7) is 6.88. The fraction of sp³-hybridized carbons (Fsp3) is 0.771. The van der Waals surface area contributed by atoms with Gasteiger partial charge in [-0.1, -0.05) is 13.0 Å². The zero-order valence-corrected chi connectivity index (χ0v) is 29.4. The highest BCUT2D eigenvalue weighted by Crippen LogP contribution is 2.83. The first kappa shape index (κ1) is 34.9. The summed E-state index contributed by atoms with van der Waals surface area (Å²) in [5, 5.41) is 37.4. The zero-order valence-electron chi connectivity index (χ0n) is 29.4. The fourth-order valence-electron chi connectivity index (χ4n) is 12.2. The molecule has 0 aromatic rings. The maximum Gasteiger partial charge on any atom is 0.366 e. The Morgan fingerprint density at radius 1 is 0.961 bits per heavy atom. The minimum absolute atomic E-state index is 0.235. The Labute approximate surface area is 293 Å². The van der Waals surface area contributed by atoms with Crippen molar-refractivity contribution in [3.8, 4) is 0 Å². The number of aliphatic hydroxyl groups excluding tert-OH is 1. The van der Waals surface area contributed by atoms with E-state index in [9.17, 15) is 34.5 Å². The van der Waals surface area contributed by atoms with Gasteiger partial charge in [0.1, 0.15) is 28.8 Å². The quantitative estimate of drug-likeness (QED) is 0.140. The summed E-state index contributed by atoms with van der Waals surface area (Å²) in [5.41, 5.74) is -9.47. The lowest BCUT2D eigenvalue weighted by Gasteiger charge is -2.65. The molecule has 51 heavy (non-hydrogen) atoms. The Morgan fingerprint density at radius 3 is 2.31 bits per heavy atom. The van der Waals surface area contributed by atoms with Gasteiger partial charge in [0.15, 0.2) is 5.60 Å². The Kier molecular flexibility index (Phi) is 7.20. The second-order valence-corrected chi connectivity index (χ2v) is 15.8. The number of methoxy groups -OCH3 is 2. The van der Waals surface area contributed by atoms with Gasteiger partial charge in [-0.2, -0.15) is 0 Å². The second-order valence-electron chi connectivity index (χ2n) is 15.8. The van der Waals surface area contributed by atoms with Crippen LogP contribution in [0.4, 0.5) is 0 Å². The SMILES string of the molecule is C/C=C(\C)C(=O)O[C@H]1C[C@@H](OC(C)=O)[C@@]2(C(=O)OC)CO[C@@H]3C2C12CO[C@](O)(C(=O)OC)[C@H]2[C@](C)(C12O[C@@]1(C)[C@H]1C[C@@H]2OC2OC=C[C@@]21O)[C@@H]3O. The van der Waals surface area contributed by atoms with Crippen LogP contribution in [0.5, 0.6) is 0 Å². The molecular weight excluding hydrogens is 676 g/mol. The van der Waals surface area contributed by atoms with E-state index >= 15 is 0 Å². The molecular formula is C35H44O16. The van der Waals surface area contributed by atoms with Crippen molar-refractivity contribution in [2.75, 3.05) is 27.4 Å². The first-order chi connectivity index (χ1) is 23.9. The standard InChI is InChI=1S/C35H44O16/c1-8-15(2)24(38)49-18-12-19(48-16(3)36)32(26(39)43-6)13-46-21-22(32)31(18)14-47-34(42,27(40)44-7)25(31)29(4,23(21)37)35-20-11-17(30(35,5)51-35)33(41)9-10-45-28(33)50-20/h8-10,17-23,25,28,37,41-42H,11-14H2,1-7H3/b15-8+/t17-,18+,19-,20+,21-,22?,23-,25+,28?,29-,30+,31?,32+,33+,34+,35?/m1/s1. The summed E-state index contributed by atoms with van der Waals surface area (Å²) < 4.78 is 54.0. The van der Waals surface area contributed by atoms with Crippen molar-refractivity contribution in [1.82, 2.24) is 0 Å². The van der Waals surface area contributed by atoms with Gasteiger partial charge in [-0.05, 0) is 33.3 Å². The predicted octanol–water partition coefficient (Wildman–Crippen LogP) is -0.203. The summed E-state index contributed by atoms with van der Waals surface area (Å²) in [7, 11) is 2.23. The molecule has 3 N–H and O–H groups in total. The lowest BCUT2D eigenvalue weighted by Crippen LogP contribution is -2.79. The molecule has 0 aromatic carbocycles. The molecule has 16 atom stereocenters. The van der Waals surface area contributed by atoms with Crippen LogP contribution < -0.4 is 0 Å². The van der Waals surface area contributed by atoms with Crippen LogP contribution in [0.1, 0.15) is 47.5 Å². The maximum absolute atomic E-state index is 14.2. The highest BCUT2D eigenvalue weighted by Gasteiger charge is 2.97. The zero-order chi connectivity index (χ0) is 36.9. The normalized spacial score (nSPS) is 53.9. The predicted molar refractivity (Wildman–Crippen MR) is 164 cm³/mol. The van der Waals surface area contributed by atoms with Gasteiger partial charge in [0.25, 0.3) is 5.79 Å². The van der Waals surface area contributed by atoms with Gasteiger partial charge >= 0.3 is 23.9 Å². The van der Waals surface area contributed by atoms with Crippen molar-refractivity contribution in [3.63, 3.8) is 0 Å². The van der Waals surface area contributed by atoms with Crippen LogP contribution in [0, 0.1) is 34.0 Å². The Morgan fingerprint density at radius 2 is 1.67 bits per heavy atom. The molecule has 4 saturated heterocycles. The molecule has 16 heteroatoms. The third-order valence-electron chi connectivity index (χ3n) is 14.1. The lowest BCUT2D eigenvalue weighted by molar-refractivity contribution is -0.314. The molecule has 8 rings (SSSR count). The van der Waals surface area contributed by atoms with E-state index in [1.807, 2.05) is 0 Å². The molecule has 5 heterocycles. The van der Waals surface area contributed by atoms with Crippen LogP contribution in [0.2, 0.25) is 0 Å². The van der Waals surface area contributed by atoms with Crippen molar-refractivity contribution in [2.24, 2.45) is 34.0 Å². The molecule has 8 aliphatic rings. The molecule has 5 aliphatic heterocycles. The van der Waals surface area contributed by atoms with E-state index in [0.717, 1.165) is 14.2 Å². The molecule has 0 amide bonds. The van der Waals surface area contributed by atoms with Crippen LogP contribution in [0.15, 0.2) is 24.0 Å². The van der Waals surface area contributed by atoms with E-state index in [-0.39, 0.29) is 18.4 Å². The number of aliphatic hydroxyl groups is 3. The molecule has 1 spiro atoms. The van der Waals surface area contributed by atoms with Crippen LogP contribution >= 0.6 is 0 Å². The van der Waals surface area contributed by atoms with Crippen molar-refractivity contribution in [3.05, 3.63) is 24.0 Å². The Hall–Kier alpha value is -3.12. The number of rotatable bonds is 6. The average Bonchev–Trinajstić information content (AvgIpc) is 3.47. The van der Waals surface area contributed by atoms with Crippen LogP contribution in [0.25, 0.3) is 0 Å². The molecule has 280 valence electrons. The Balaban J connectivity index is 1.40. The summed E-state index contributed by atoms with van der Waals surface area (Å²) in [6, 6.07) is 0. The first-order valence-electron chi connectivity index (χ1n) is 17.2. The summed E-state index contributed by atoms with van der Waals surface area (Å²) in [4.78, 5) is 54.4. The van der Waals surface area contributed by atoms with Crippen LogP contribution in [-0.2, 0) is 61.8 Å². The molecule has 3 aliphatic carbocycles. The van der Waals surface area contributed by atoms with Crippen molar-refractivity contribution >= 4 is 23.9 Å². The minimum atomic E-state index is -2.82. The minimum Gasteiger partial charge on any atom is -0.469 e. The summed E-state index contributed by atoms with van der Waals surface area (Å²) >= 11 is 0. The van der Waals surface area contributed by atoms with Crippen molar-refractivity contribution < 1.29 is 77.1 Å². The fourth-order valence-corrected chi connectivity index (χ4v) is 12.2. The average molecular weight is 721 g/mol. The maximum atomic E-state index is 14.2. The van der Waals surface area contributed by atoms with E-state index < -0.39 is 130 Å². The van der Waals surface area contributed by atoms with Gasteiger partial charge in [-0.15, -0.1) is 0 Å². The van der Waals surface area contributed by atoms with E-state index in [2.05, 4.69) is 0 Å². The number of fused-ring (bicyclic) bond motifs is 7. The largest absolute Gasteiger partial charge is 0.469 e. The van der Waals surface area contributed by atoms with Crippen LogP contribution in [-0.4, -0.2) is 126 Å². The number of epoxide rings is 1. The van der Waals surface area contributed by atoms with E-state index in [1.165, 1.54) is 19.3 Å². The molecule has 0 aromatic heterocycles. The lowest BCUT2D eigenvalue weighted by atomic mass is 9.37. The number of carbonyl (C=O) groups is 4. The smallest absolute Gasteiger partial charge is 0.366 e. The highest BCUT2D eigenvalue weighted by molar-refractivity contribution is 5.88. The van der Waals surface area contributed by atoms with Gasteiger partial charge in [-0.3, -0.25) is 9.59 Å². The van der Waals surface area contributed by atoms with Crippen molar-refractivity contribution in [2.45, 2.75) is 107 Å². The van der Waals surface area contributed by atoms with E-state index in [1.54, 1.807) is 33.8 Å². The molecule has 3 saturated carbocycles. The summed E-state index contributed by atoms with van der Waals surface area (Å²) in [6.07, 6.45) is -3.11. The first-order valence-corrected chi connectivity index (χ1v) is 17.2. The third kappa shape index (κ3) is 3.65. The van der Waals surface area contributed by atoms with Gasteiger partial charge in [0, 0.05) is 47.5 Å². The molecule has 0 radical (unpaired) electrons. The highest BCUT2D eigenvalue weighted by atomic mass is 16.7. The van der Waals surface area contributed by atoms with Crippen molar-refractivity contribution in [1.29, 1.82) is 0 Å².